The van der Waals surface area contributed by atoms with Gasteiger partial charge >= 0.3 is 0 Å². The van der Waals surface area contributed by atoms with Crippen molar-refractivity contribution in [3.63, 3.8) is 0 Å². The molecule has 1 rings (SSSR count). The lowest BCUT2D eigenvalue weighted by Crippen LogP contribution is -2.15. The predicted molar refractivity (Wildman–Crippen MR) is 54.6 cm³/mol. The molecule has 72 valence electrons. The Morgan fingerprint density at radius 1 is 1.54 bits per heavy atom. The highest BCUT2D eigenvalue weighted by Gasteiger charge is 2.00. The Balaban J connectivity index is 2.32. The van der Waals surface area contributed by atoms with Crippen LogP contribution in [0.3, 0.4) is 0 Å². The van der Waals surface area contributed by atoms with Gasteiger partial charge in [-0.2, -0.15) is 5.10 Å². The maximum Gasteiger partial charge on any atom is 0.148 e. The molecule has 0 aromatic carbocycles. The van der Waals surface area contributed by atoms with E-state index in [-0.39, 0.29) is 0 Å². The topological polar surface area (TPSA) is 37.8 Å². The van der Waals surface area contributed by atoms with Crippen LogP contribution in [-0.4, -0.2) is 16.2 Å². The largest absolute Gasteiger partial charge is 0.366 e. The van der Waals surface area contributed by atoms with Crippen molar-refractivity contribution in [3.05, 3.63) is 18.3 Å². The van der Waals surface area contributed by atoms with Gasteiger partial charge in [-0.3, -0.25) is 0 Å². The second kappa shape index (κ2) is 5.51. The monoisotopic (exact) mass is 179 g/mol. The number of anilines is 1. The zero-order valence-corrected chi connectivity index (χ0v) is 8.33. The van der Waals surface area contributed by atoms with Crippen molar-refractivity contribution in [2.24, 2.45) is 0 Å². The molecule has 0 radical (unpaired) electrons. The summed E-state index contributed by atoms with van der Waals surface area (Å²) in [5.74, 6) is 0.867. The summed E-state index contributed by atoms with van der Waals surface area (Å²) in [7, 11) is 0. The molecule has 0 fully saturated rings. The molecule has 1 N–H and O–H groups in total. The molecular formula is C10H17N3. The van der Waals surface area contributed by atoms with E-state index < -0.39 is 0 Å². The van der Waals surface area contributed by atoms with Crippen molar-refractivity contribution in [2.75, 3.05) is 5.32 Å². The quantitative estimate of drug-likeness (QED) is 0.754. The van der Waals surface area contributed by atoms with Gasteiger partial charge < -0.3 is 5.32 Å². The smallest absolute Gasteiger partial charge is 0.148 e. The molecule has 1 aromatic rings. The summed E-state index contributed by atoms with van der Waals surface area (Å²) in [6, 6.07) is 4.31. The van der Waals surface area contributed by atoms with Crippen LogP contribution in [0, 0.1) is 0 Å². The first-order chi connectivity index (χ1) is 6.33. The van der Waals surface area contributed by atoms with E-state index >= 15 is 0 Å². The van der Waals surface area contributed by atoms with Crippen LogP contribution >= 0.6 is 0 Å². The van der Waals surface area contributed by atoms with Crippen molar-refractivity contribution < 1.29 is 0 Å². The second-order valence-corrected chi connectivity index (χ2v) is 3.30. The lowest BCUT2D eigenvalue weighted by molar-refractivity contribution is 0.642. The normalized spacial score (nSPS) is 12.5. The van der Waals surface area contributed by atoms with Gasteiger partial charge in [-0.05, 0) is 25.5 Å². The Hall–Kier alpha value is -1.12. The van der Waals surface area contributed by atoms with E-state index in [0.717, 1.165) is 5.82 Å². The maximum atomic E-state index is 3.97. The molecule has 1 aromatic heterocycles. The Morgan fingerprint density at radius 3 is 3.00 bits per heavy atom. The van der Waals surface area contributed by atoms with Gasteiger partial charge in [0.15, 0.2) is 0 Å². The molecule has 13 heavy (non-hydrogen) atoms. The fourth-order valence-corrected chi connectivity index (χ4v) is 1.21. The summed E-state index contributed by atoms with van der Waals surface area (Å²) in [4.78, 5) is 0. The average Bonchev–Trinajstić information content (AvgIpc) is 2.16. The summed E-state index contributed by atoms with van der Waals surface area (Å²) in [5, 5.41) is 11.1. The van der Waals surface area contributed by atoms with Crippen molar-refractivity contribution in [2.45, 2.75) is 39.2 Å². The zero-order valence-electron chi connectivity index (χ0n) is 8.33. The third kappa shape index (κ3) is 3.87. The number of nitrogens with zero attached hydrogens (tertiary/aromatic N) is 2. The van der Waals surface area contributed by atoms with Gasteiger partial charge in [-0.25, -0.2) is 0 Å². The number of unbranched alkanes of at least 4 members (excludes halogenated alkanes) is 1. The SMILES string of the molecule is CCCCC(C)Nc1cccnn1. The number of nitrogens with one attached hydrogen (secondary N) is 1. The maximum absolute atomic E-state index is 3.97. The van der Waals surface area contributed by atoms with E-state index in [2.05, 4.69) is 29.4 Å². The lowest BCUT2D eigenvalue weighted by Gasteiger charge is -2.12. The number of rotatable bonds is 5. The van der Waals surface area contributed by atoms with Crippen LogP contribution in [0.25, 0.3) is 0 Å². The molecule has 0 bridgehead atoms. The molecule has 1 unspecified atom stereocenters. The lowest BCUT2D eigenvalue weighted by atomic mass is 10.1. The van der Waals surface area contributed by atoms with Gasteiger partial charge in [0.25, 0.3) is 0 Å². The molecule has 1 heterocycles. The van der Waals surface area contributed by atoms with Crippen LogP contribution in [0.4, 0.5) is 5.82 Å². The Kier molecular flexibility index (Phi) is 4.23. The van der Waals surface area contributed by atoms with Crippen molar-refractivity contribution in [1.82, 2.24) is 10.2 Å². The molecule has 0 aliphatic carbocycles. The van der Waals surface area contributed by atoms with Crippen LogP contribution in [0.2, 0.25) is 0 Å². The van der Waals surface area contributed by atoms with E-state index in [4.69, 9.17) is 0 Å². The molecule has 1 atom stereocenters. The minimum Gasteiger partial charge on any atom is -0.366 e. The van der Waals surface area contributed by atoms with Gasteiger partial charge in [0.1, 0.15) is 5.82 Å². The third-order valence-electron chi connectivity index (χ3n) is 1.96. The number of aromatic nitrogens is 2. The van der Waals surface area contributed by atoms with Gasteiger partial charge in [-0.1, -0.05) is 19.8 Å². The van der Waals surface area contributed by atoms with Crippen LogP contribution in [0.5, 0.6) is 0 Å². The highest BCUT2D eigenvalue weighted by Crippen LogP contribution is 2.06. The van der Waals surface area contributed by atoms with E-state index in [1.54, 1.807) is 6.20 Å². The van der Waals surface area contributed by atoms with E-state index in [9.17, 15) is 0 Å². The minimum absolute atomic E-state index is 0.483. The van der Waals surface area contributed by atoms with Crippen LogP contribution in [0.1, 0.15) is 33.1 Å². The average molecular weight is 179 g/mol. The minimum atomic E-state index is 0.483. The van der Waals surface area contributed by atoms with E-state index in [1.807, 2.05) is 12.1 Å². The molecule has 0 spiro atoms. The molecule has 0 aliphatic heterocycles. The molecule has 0 aliphatic rings. The highest BCUT2D eigenvalue weighted by atomic mass is 15.2. The van der Waals surface area contributed by atoms with Crippen molar-refractivity contribution in [1.29, 1.82) is 0 Å². The van der Waals surface area contributed by atoms with Crippen molar-refractivity contribution in [3.8, 4) is 0 Å². The molecule has 3 heteroatoms. The van der Waals surface area contributed by atoms with Gasteiger partial charge in [-0.15, -0.1) is 5.10 Å². The molecular weight excluding hydrogens is 162 g/mol. The summed E-state index contributed by atoms with van der Waals surface area (Å²) in [6.07, 6.45) is 5.37. The van der Waals surface area contributed by atoms with Crippen LogP contribution in [-0.2, 0) is 0 Å². The van der Waals surface area contributed by atoms with E-state index in [0.29, 0.717) is 6.04 Å². The predicted octanol–water partition coefficient (Wildman–Crippen LogP) is 2.47. The fraction of sp³-hybridized carbons (Fsp3) is 0.600. The van der Waals surface area contributed by atoms with Crippen molar-refractivity contribution >= 4 is 5.82 Å². The zero-order chi connectivity index (χ0) is 9.52. The fourth-order valence-electron chi connectivity index (χ4n) is 1.21. The molecule has 0 saturated carbocycles. The number of hydrogen-bond acceptors (Lipinski definition) is 3. The Bertz CT molecular complexity index is 223. The summed E-state index contributed by atoms with van der Waals surface area (Å²) < 4.78 is 0. The van der Waals surface area contributed by atoms with Crippen LogP contribution < -0.4 is 5.32 Å². The van der Waals surface area contributed by atoms with Gasteiger partial charge in [0.2, 0.25) is 0 Å². The first kappa shape index (κ1) is 9.96. The Labute approximate surface area is 79.6 Å². The molecule has 3 nitrogen and oxygen atoms in total. The Morgan fingerprint density at radius 2 is 2.38 bits per heavy atom. The van der Waals surface area contributed by atoms with Crippen LogP contribution in [0.15, 0.2) is 18.3 Å². The number of hydrogen-bond donors (Lipinski definition) is 1. The molecule has 0 amide bonds. The summed E-state index contributed by atoms with van der Waals surface area (Å²) in [6.45, 7) is 4.37. The first-order valence-corrected chi connectivity index (χ1v) is 4.87. The third-order valence-corrected chi connectivity index (χ3v) is 1.96. The second-order valence-electron chi connectivity index (χ2n) is 3.30. The van der Waals surface area contributed by atoms with E-state index in [1.165, 1.54) is 19.3 Å². The summed E-state index contributed by atoms with van der Waals surface area (Å²) in [5.41, 5.74) is 0. The van der Waals surface area contributed by atoms with Gasteiger partial charge in [0, 0.05) is 12.2 Å². The molecule has 0 saturated heterocycles. The standard InChI is InChI=1S/C10H17N3/c1-3-4-6-9(2)12-10-7-5-8-11-13-10/h5,7-9H,3-4,6H2,1-2H3,(H,12,13). The van der Waals surface area contributed by atoms with Gasteiger partial charge in [0.05, 0.1) is 0 Å². The summed E-state index contributed by atoms with van der Waals surface area (Å²) >= 11 is 0. The highest BCUT2D eigenvalue weighted by molar-refractivity contribution is 5.32. The first-order valence-electron chi connectivity index (χ1n) is 4.87.